The summed E-state index contributed by atoms with van der Waals surface area (Å²) in [7, 11) is 0. The van der Waals surface area contributed by atoms with Crippen molar-refractivity contribution in [1.82, 2.24) is 0 Å². The van der Waals surface area contributed by atoms with E-state index in [-0.39, 0.29) is 5.54 Å². The van der Waals surface area contributed by atoms with Gasteiger partial charge in [0.05, 0.1) is 0 Å². The lowest BCUT2D eigenvalue weighted by Gasteiger charge is -2.30. The molecule has 34 heavy (non-hydrogen) atoms. The molecular weight excluding hydrogens is 410 g/mol. The molecule has 0 saturated heterocycles. The number of rotatable bonds is 29. The zero-order valence-corrected chi connectivity index (χ0v) is 24.6. The van der Waals surface area contributed by atoms with Crippen molar-refractivity contribution in [2.75, 3.05) is 0 Å². The summed E-state index contributed by atoms with van der Waals surface area (Å²) in [5.41, 5.74) is 7.20. The van der Waals surface area contributed by atoms with Crippen LogP contribution in [0.25, 0.3) is 0 Å². The Balaban J connectivity index is 4.03. The summed E-state index contributed by atoms with van der Waals surface area (Å²) in [4.78, 5) is 0. The Morgan fingerprint density at radius 1 is 0.294 bits per heavy atom. The number of hydrogen-bond acceptors (Lipinski definition) is 1. The van der Waals surface area contributed by atoms with Crippen molar-refractivity contribution in [3.05, 3.63) is 0 Å². The highest BCUT2D eigenvalue weighted by Crippen LogP contribution is 2.27. The van der Waals surface area contributed by atoms with E-state index in [0.29, 0.717) is 0 Å². The molecule has 206 valence electrons. The fourth-order valence-corrected chi connectivity index (χ4v) is 5.56. The van der Waals surface area contributed by atoms with Crippen molar-refractivity contribution < 1.29 is 0 Å². The molecule has 0 bridgehead atoms. The van der Waals surface area contributed by atoms with Crippen LogP contribution in [0.15, 0.2) is 0 Å². The largest absolute Gasteiger partial charge is 0.325 e. The van der Waals surface area contributed by atoms with Crippen LogP contribution in [-0.4, -0.2) is 5.54 Å². The lowest BCUT2D eigenvalue weighted by atomic mass is 9.82. The lowest BCUT2D eigenvalue weighted by molar-refractivity contribution is 0.302. The van der Waals surface area contributed by atoms with Crippen LogP contribution < -0.4 is 5.73 Å². The van der Waals surface area contributed by atoms with Gasteiger partial charge in [0, 0.05) is 5.54 Å². The van der Waals surface area contributed by atoms with Crippen molar-refractivity contribution in [2.24, 2.45) is 5.73 Å². The molecule has 1 heteroatoms. The summed E-state index contributed by atoms with van der Waals surface area (Å²) >= 11 is 0. The predicted octanol–water partition coefficient (Wildman–Crippen LogP) is 12.1. The Bertz CT molecular complexity index is 344. The second-order valence-corrected chi connectivity index (χ2v) is 11.7. The molecule has 1 nitrogen and oxygen atoms in total. The van der Waals surface area contributed by atoms with Gasteiger partial charge in [0.15, 0.2) is 0 Å². The molecule has 2 N–H and O–H groups in total. The maximum Gasteiger partial charge on any atom is 0.0154 e. The van der Waals surface area contributed by atoms with Crippen molar-refractivity contribution in [2.45, 2.75) is 213 Å². The Kier molecular flexibility index (Phi) is 27.5. The number of hydrogen-bond donors (Lipinski definition) is 1. The quantitative estimate of drug-likeness (QED) is 0.106. The van der Waals surface area contributed by atoms with Gasteiger partial charge in [-0.1, -0.05) is 188 Å². The maximum absolute atomic E-state index is 7.07. The molecule has 0 fully saturated rings. The van der Waals surface area contributed by atoms with Crippen LogP contribution in [-0.2, 0) is 0 Å². The Morgan fingerprint density at radius 2 is 0.471 bits per heavy atom. The Hall–Kier alpha value is -0.0400. The minimum Gasteiger partial charge on any atom is -0.325 e. The first-order valence-corrected chi connectivity index (χ1v) is 16.5. The van der Waals surface area contributed by atoms with Gasteiger partial charge < -0.3 is 5.73 Å². The number of unbranched alkanes of at least 4 members (excludes halogenated alkanes) is 23. The minimum absolute atomic E-state index is 0.130. The van der Waals surface area contributed by atoms with Gasteiger partial charge in [-0.2, -0.15) is 0 Å². The van der Waals surface area contributed by atoms with Crippen molar-refractivity contribution >= 4 is 0 Å². The first-order chi connectivity index (χ1) is 16.7. The second kappa shape index (κ2) is 27.5. The summed E-state index contributed by atoms with van der Waals surface area (Å²) in [5.74, 6) is 0. The van der Waals surface area contributed by atoms with Crippen LogP contribution >= 0.6 is 0 Å². The second-order valence-electron chi connectivity index (χ2n) is 11.7. The van der Waals surface area contributed by atoms with Crippen molar-refractivity contribution in [3.63, 3.8) is 0 Å². The first-order valence-electron chi connectivity index (χ1n) is 16.5. The van der Waals surface area contributed by atoms with Gasteiger partial charge in [-0.05, 0) is 19.3 Å². The Labute approximate surface area is 218 Å². The molecule has 0 aromatic carbocycles. The van der Waals surface area contributed by atoms with E-state index in [1.807, 2.05) is 0 Å². The maximum atomic E-state index is 7.07. The molecule has 0 atom stereocenters. The van der Waals surface area contributed by atoms with Crippen LogP contribution in [0.3, 0.4) is 0 Å². The molecule has 0 amide bonds. The SMILES string of the molecule is CCCCCCCCCCCCC(N)(CCCCCCCCCC)CCCCCCCCCC. The van der Waals surface area contributed by atoms with Crippen LogP contribution in [0.1, 0.15) is 207 Å². The third-order valence-electron chi connectivity index (χ3n) is 8.08. The van der Waals surface area contributed by atoms with E-state index >= 15 is 0 Å². The summed E-state index contributed by atoms with van der Waals surface area (Å²) in [6.45, 7) is 6.92. The highest BCUT2D eigenvalue weighted by molar-refractivity contribution is 4.84. The monoisotopic (exact) mass is 480 g/mol. The van der Waals surface area contributed by atoms with E-state index in [2.05, 4.69) is 20.8 Å². The average Bonchev–Trinajstić information content (AvgIpc) is 2.84. The molecule has 0 aliphatic heterocycles. The summed E-state index contributed by atoms with van der Waals surface area (Å²) in [6, 6.07) is 0. The molecule has 0 aliphatic rings. The van der Waals surface area contributed by atoms with Crippen LogP contribution in [0, 0.1) is 0 Å². The van der Waals surface area contributed by atoms with Gasteiger partial charge in [0.1, 0.15) is 0 Å². The normalized spacial score (nSPS) is 12.0. The topological polar surface area (TPSA) is 26.0 Å². The van der Waals surface area contributed by atoms with Crippen LogP contribution in [0.4, 0.5) is 0 Å². The molecule has 0 radical (unpaired) electrons. The third kappa shape index (κ3) is 25.1. The predicted molar refractivity (Wildman–Crippen MR) is 158 cm³/mol. The first kappa shape index (κ1) is 34.0. The highest BCUT2D eigenvalue weighted by atomic mass is 14.7. The van der Waals surface area contributed by atoms with Crippen LogP contribution in [0.5, 0.6) is 0 Å². The molecular formula is C33H69N. The van der Waals surface area contributed by atoms with E-state index in [1.54, 1.807) is 0 Å². The lowest BCUT2D eigenvalue weighted by Crippen LogP contribution is -2.39. The molecule has 0 aromatic rings. The van der Waals surface area contributed by atoms with Gasteiger partial charge in [0.2, 0.25) is 0 Å². The highest BCUT2D eigenvalue weighted by Gasteiger charge is 2.23. The molecule has 0 aromatic heterocycles. The van der Waals surface area contributed by atoms with Crippen LogP contribution in [0.2, 0.25) is 0 Å². The van der Waals surface area contributed by atoms with E-state index in [0.717, 1.165) is 0 Å². The van der Waals surface area contributed by atoms with Crippen molar-refractivity contribution in [1.29, 1.82) is 0 Å². The van der Waals surface area contributed by atoms with Gasteiger partial charge in [-0.25, -0.2) is 0 Å². The molecule has 0 unspecified atom stereocenters. The van der Waals surface area contributed by atoms with E-state index in [4.69, 9.17) is 5.73 Å². The van der Waals surface area contributed by atoms with Gasteiger partial charge in [0.25, 0.3) is 0 Å². The van der Waals surface area contributed by atoms with Crippen molar-refractivity contribution in [3.8, 4) is 0 Å². The van der Waals surface area contributed by atoms with E-state index < -0.39 is 0 Å². The Morgan fingerprint density at radius 3 is 0.676 bits per heavy atom. The summed E-state index contributed by atoms with van der Waals surface area (Å²) < 4.78 is 0. The summed E-state index contributed by atoms with van der Waals surface area (Å²) in [5, 5.41) is 0. The van der Waals surface area contributed by atoms with E-state index in [9.17, 15) is 0 Å². The standard InChI is InChI=1S/C33H69N/c1-4-7-10-13-16-19-20-23-26-29-32-33(34,30-27-24-21-17-14-11-8-5-2)31-28-25-22-18-15-12-9-6-3/h4-32,34H2,1-3H3. The third-order valence-corrected chi connectivity index (χ3v) is 8.08. The van der Waals surface area contributed by atoms with Gasteiger partial charge >= 0.3 is 0 Å². The molecule has 0 heterocycles. The van der Waals surface area contributed by atoms with E-state index in [1.165, 1.54) is 186 Å². The molecule has 0 aliphatic carbocycles. The summed E-state index contributed by atoms with van der Waals surface area (Å²) in [6.07, 6.45) is 40.6. The molecule has 0 saturated carbocycles. The smallest absolute Gasteiger partial charge is 0.0154 e. The number of nitrogens with two attached hydrogens (primary N) is 1. The van der Waals surface area contributed by atoms with Gasteiger partial charge in [-0.15, -0.1) is 0 Å². The fourth-order valence-electron chi connectivity index (χ4n) is 5.56. The average molecular weight is 480 g/mol. The minimum atomic E-state index is 0.130. The zero-order valence-electron chi connectivity index (χ0n) is 24.6. The zero-order chi connectivity index (χ0) is 25.0. The molecule has 0 spiro atoms. The fraction of sp³-hybridized carbons (Fsp3) is 1.00. The molecule has 0 rings (SSSR count). The van der Waals surface area contributed by atoms with Gasteiger partial charge in [-0.3, -0.25) is 0 Å².